The molecule has 0 radical (unpaired) electrons. The van der Waals surface area contributed by atoms with Gasteiger partial charge in [0.05, 0.1) is 29.2 Å². The molecule has 0 saturated carbocycles. The minimum atomic E-state index is 0.285. The number of fused-ring (bicyclic) bond motifs is 2. The first kappa shape index (κ1) is 26.5. The normalized spacial score (nSPS) is 19.1. The number of piperazine rings is 1. The molecule has 1 atom stereocenters. The SMILES string of the molecule is CCC1CN(c2ccc(-c3cc(N4CCC(C)(C)C4)cn4ncc(C#N)c34)cn2)CCN1Cc1cnc2[nH]ccc2c1. The fraction of sp³-hybridized carbons (Fsp3) is 0.394. The van der Waals surface area contributed by atoms with Crippen molar-refractivity contribution in [3.63, 3.8) is 0 Å². The number of nitriles is 1. The summed E-state index contributed by atoms with van der Waals surface area (Å²) < 4.78 is 1.86. The zero-order chi connectivity index (χ0) is 28.8. The standard InChI is InChI=1S/C33H37N9/c1-4-27-20-40(12-11-39(27)19-23-13-24-7-9-35-32(24)37-16-23)30-6-5-25(17-36-30)29-14-28(41-10-8-33(2,3)22-41)21-42-31(29)26(15-34)18-38-42/h5-7,9,13-14,16-18,21,27H,4,8,10-12,19-20,22H2,1-3H3,(H,35,37). The van der Waals surface area contributed by atoms with Crippen molar-refractivity contribution in [1.82, 2.24) is 29.5 Å². The smallest absolute Gasteiger partial charge is 0.137 e. The molecule has 7 rings (SSSR count). The molecule has 2 fully saturated rings. The summed E-state index contributed by atoms with van der Waals surface area (Å²) in [5.74, 6) is 0.995. The topological polar surface area (TPSA) is 92.4 Å². The Morgan fingerprint density at radius 3 is 2.71 bits per heavy atom. The first-order valence-electron chi connectivity index (χ1n) is 14.9. The fourth-order valence-corrected chi connectivity index (χ4v) is 6.65. The number of nitrogens with zero attached hydrogens (tertiary/aromatic N) is 8. The van der Waals surface area contributed by atoms with Crippen molar-refractivity contribution in [2.24, 2.45) is 5.41 Å². The van der Waals surface area contributed by atoms with Crippen LogP contribution in [0.1, 0.15) is 44.7 Å². The Hall–Kier alpha value is -4.42. The van der Waals surface area contributed by atoms with Crippen LogP contribution in [0.15, 0.2) is 61.3 Å². The van der Waals surface area contributed by atoms with Crippen LogP contribution < -0.4 is 9.80 Å². The monoisotopic (exact) mass is 559 g/mol. The number of H-pyrrole nitrogens is 1. The molecule has 2 aliphatic heterocycles. The zero-order valence-electron chi connectivity index (χ0n) is 24.6. The van der Waals surface area contributed by atoms with Gasteiger partial charge in [0.1, 0.15) is 17.5 Å². The van der Waals surface area contributed by atoms with Gasteiger partial charge >= 0.3 is 0 Å². The summed E-state index contributed by atoms with van der Waals surface area (Å²) in [5, 5.41) is 15.5. The Balaban J connectivity index is 1.12. The molecule has 7 heterocycles. The van der Waals surface area contributed by atoms with Gasteiger partial charge in [-0.25, -0.2) is 14.5 Å². The Kier molecular flexibility index (Phi) is 6.59. The van der Waals surface area contributed by atoms with Crippen molar-refractivity contribution < 1.29 is 0 Å². The second-order valence-electron chi connectivity index (χ2n) is 12.6. The number of anilines is 2. The van der Waals surface area contributed by atoms with Gasteiger partial charge in [-0.1, -0.05) is 20.8 Å². The average Bonchev–Trinajstić information content (AvgIpc) is 3.74. The van der Waals surface area contributed by atoms with Crippen molar-refractivity contribution in [1.29, 1.82) is 5.26 Å². The largest absolute Gasteiger partial charge is 0.370 e. The third kappa shape index (κ3) is 4.86. The summed E-state index contributed by atoms with van der Waals surface area (Å²) in [6, 6.07) is 13.6. The third-order valence-corrected chi connectivity index (χ3v) is 9.06. The molecule has 9 heteroatoms. The molecule has 2 saturated heterocycles. The fourth-order valence-electron chi connectivity index (χ4n) is 6.65. The first-order valence-corrected chi connectivity index (χ1v) is 14.9. The molecule has 0 spiro atoms. The van der Waals surface area contributed by atoms with Gasteiger partial charge in [-0.15, -0.1) is 0 Å². The van der Waals surface area contributed by atoms with Gasteiger partial charge in [0.2, 0.25) is 0 Å². The van der Waals surface area contributed by atoms with Gasteiger partial charge in [-0.2, -0.15) is 10.4 Å². The quantitative estimate of drug-likeness (QED) is 0.294. The maximum absolute atomic E-state index is 9.81. The maximum atomic E-state index is 9.81. The molecule has 9 nitrogen and oxygen atoms in total. The van der Waals surface area contributed by atoms with Crippen LogP contribution in [0.5, 0.6) is 0 Å². The summed E-state index contributed by atoms with van der Waals surface area (Å²) >= 11 is 0. The minimum absolute atomic E-state index is 0.285. The van der Waals surface area contributed by atoms with E-state index < -0.39 is 0 Å². The van der Waals surface area contributed by atoms with E-state index in [0.29, 0.717) is 11.6 Å². The van der Waals surface area contributed by atoms with Crippen molar-refractivity contribution in [3.05, 3.63) is 72.4 Å². The highest BCUT2D eigenvalue weighted by molar-refractivity contribution is 5.86. The molecule has 214 valence electrons. The highest BCUT2D eigenvalue weighted by Gasteiger charge is 2.30. The highest BCUT2D eigenvalue weighted by Crippen LogP contribution is 2.36. The van der Waals surface area contributed by atoms with Crippen molar-refractivity contribution in [2.75, 3.05) is 42.5 Å². The van der Waals surface area contributed by atoms with Gasteiger partial charge in [-0.3, -0.25) is 4.90 Å². The molecule has 1 N–H and O–H groups in total. The molecule has 5 aromatic heterocycles. The van der Waals surface area contributed by atoms with Crippen LogP contribution in [-0.2, 0) is 6.54 Å². The van der Waals surface area contributed by atoms with Crippen LogP contribution in [-0.4, -0.2) is 68.2 Å². The van der Waals surface area contributed by atoms with E-state index in [1.807, 2.05) is 23.1 Å². The van der Waals surface area contributed by atoms with Crippen molar-refractivity contribution in [3.8, 4) is 17.2 Å². The summed E-state index contributed by atoms with van der Waals surface area (Å²) in [6.07, 6.45) is 11.8. The zero-order valence-corrected chi connectivity index (χ0v) is 24.6. The summed E-state index contributed by atoms with van der Waals surface area (Å²) in [7, 11) is 0. The minimum Gasteiger partial charge on any atom is -0.370 e. The van der Waals surface area contributed by atoms with Crippen LogP contribution in [0.4, 0.5) is 11.5 Å². The predicted octanol–water partition coefficient (Wildman–Crippen LogP) is 5.48. The summed E-state index contributed by atoms with van der Waals surface area (Å²) in [6.45, 7) is 12.7. The number of hydrogen-bond acceptors (Lipinski definition) is 7. The molecular weight excluding hydrogens is 522 g/mol. The Labute approximate surface area is 246 Å². The van der Waals surface area contributed by atoms with Crippen LogP contribution in [0.3, 0.4) is 0 Å². The van der Waals surface area contributed by atoms with E-state index >= 15 is 0 Å². The Morgan fingerprint density at radius 1 is 1.05 bits per heavy atom. The van der Waals surface area contributed by atoms with Crippen LogP contribution >= 0.6 is 0 Å². The third-order valence-electron chi connectivity index (χ3n) is 9.06. The van der Waals surface area contributed by atoms with E-state index in [1.54, 1.807) is 6.20 Å². The molecule has 0 bridgehead atoms. The molecule has 42 heavy (non-hydrogen) atoms. The highest BCUT2D eigenvalue weighted by atomic mass is 15.3. The Bertz CT molecular complexity index is 1780. The predicted molar refractivity (Wildman–Crippen MR) is 167 cm³/mol. The summed E-state index contributed by atoms with van der Waals surface area (Å²) in [4.78, 5) is 20.1. The lowest BCUT2D eigenvalue weighted by Crippen LogP contribution is -2.52. The lowest BCUT2D eigenvalue weighted by molar-refractivity contribution is 0.163. The molecule has 0 amide bonds. The number of hydrogen-bond donors (Lipinski definition) is 1. The summed E-state index contributed by atoms with van der Waals surface area (Å²) in [5.41, 5.74) is 7.01. The van der Waals surface area contributed by atoms with Crippen molar-refractivity contribution in [2.45, 2.75) is 46.2 Å². The Morgan fingerprint density at radius 2 is 1.95 bits per heavy atom. The lowest BCUT2D eigenvalue weighted by atomic mass is 9.93. The van der Waals surface area contributed by atoms with Crippen LogP contribution in [0, 0.1) is 16.7 Å². The van der Waals surface area contributed by atoms with Gasteiger partial charge in [-0.05, 0) is 54.2 Å². The number of pyridine rings is 3. The van der Waals surface area contributed by atoms with Crippen LogP contribution in [0.25, 0.3) is 27.7 Å². The second-order valence-corrected chi connectivity index (χ2v) is 12.6. The number of aromatic amines is 1. The molecule has 2 aliphatic rings. The van der Waals surface area contributed by atoms with Gasteiger partial charge in [0.25, 0.3) is 0 Å². The molecule has 0 aromatic carbocycles. The van der Waals surface area contributed by atoms with E-state index in [4.69, 9.17) is 4.98 Å². The van der Waals surface area contributed by atoms with Gasteiger partial charge in [0.15, 0.2) is 0 Å². The van der Waals surface area contributed by atoms with Crippen LogP contribution in [0.2, 0.25) is 0 Å². The second kappa shape index (κ2) is 10.4. The van der Waals surface area contributed by atoms with Gasteiger partial charge < -0.3 is 14.8 Å². The molecule has 1 unspecified atom stereocenters. The van der Waals surface area contributed by atoms with Gasteiger partial charge in [0, 0.05) is 80.4 Å². The van der Waals surface area contributed by atoms with E-state index in [9.17, 15) is 5.26 Å². The first-order chi connectivity index (χ1) is 20.4. The number of aromatic nitrogens is 5. The van der Waals surface area contributed by atoms with E-state index in [1.165, 1.54) is 5.56 Å². The van der Waals surface area contributed by atoms with E-state index in [2.05, 4.69) is 93.1 Å². The van der Waals surface area contributed by atoms with E-state index in [-0.39, 0.29) is 5.41 Å². The average molecular weight is 560 g/mol. The van der Waals surface area contributed by atoms with Crippen molar-refractivity contribution >= 4 is 28.1 Å². The number of rotatable bonds is 6. The molecular formula is C33H37N9. The maximum Gasteiger partial charge on any atom is 0.137 e. The molecule has 5 aromatic rings. The molecule has 0 aliphatic carbocycles. The lowest BCUT2D eigenvalue weighted by Gasteiger charge is -2.41. The number of nitrogens with one attached hydrogen (secondary N) is 1. The van der Waals surface area contributed by atoms with E-state index in [0.717, 1.165) is 91.3 Å².